The molecule has 0 radical (unpaired) electrons. The molecular weight excluding hydrogens is 164 g/mol. The molecule has 3 heteroatoms. The second-order valence-electron chi connectivity index (χ2n) is 3.73. The summed E-state index contributed by atoms with van der Waals surface area (Å²) < 4.78 is 5.40. The number of rotatable bonds is 4. The average Bonchev–Trinajstić information content (AvgIpc) is 2.33. The molecule has 78 valence electrons. The van der Waals surface area contributed by atoms with E-state index < -0.39 is 0 Å². The van der Waals surface area contributed by atoms with Crippen LogP contribution >= 0.6 is 0 Å². The fraction of sp³-hybridized carbons (Fsp3) is 1.00. The van der Waals surface area contributed by atoms with Gasteiger partial charge in [-0.15, -0.1) is 0 Å². The predicted octanol–water partition coefficient (Wildman–Crippen LogP) is 0.707. The normalized spacial score (nSPS) is 22.6. The molecular formula is C10H22N2O. The fourth-order valence-corrected chi connectivity index (χ4v) is 1.78. The third-order valence-corrected chi connectivity index (χ3v) is 2.40. The van der Waals surface area contributed by atoms with Gasteiger partial charge in [-0.2, -0.15) is 0 Å². The molecule has 1 N–H and O–H groups in total. The van der Waals surface area contributed by atoms with Crippen LogP contribution in [0.5, 0.6) is 0 Å². The van der Waals surface area contributed by atoms with Gasteiger partial charge in [-0.1, -0.05) is 6.92 Å². The summed E-state index contributed by atoms with van der Waals surface area (Å²) in [5.41, 5.74) is 0. The van der Waals surface area contributed by atoms with Crippen LogP contribution in [0.2, 0.25) is 0 Å². The second kappa shape index (κ2) is 6.35. The molecule has 1 aliphatic heterocycles. The van der Waals surface area contributed by atoms with Crippen LogP contribution in [0.3, 0.4) is 0 Å². The lowest BCUT2D eigenvalue weighted by Gasteiger charge is -2.23. The Balaban J connectivity index is 2.17. The molecule has 0 spiro atoms. The monoisotopic (exact) mass is 186 g/mol. The van der Waals surface area contributed by atoms with Crippen LogP contribution in [0.1, 0.15) is 20.3 Å². The van der Waals surface area contributed by atoms with Crippen LogP contribution in [0, 0.1) is 0 Å². The van der Waals surface area contributed by atoms with Gasteiger partial charge in [0.15, 0.2) is 0 Å². The molecule has 0 aromatic heterocycles. The highest BCUT2D eigenvalue weighted by Gasteiger charge is 2.11. The zero-order valence-electron chi connectivity index (χ0n) is 8.88. The first-order valence-corrected chi connectivity index (χ1v) is 5.36. The minimum Gasteiger partial charge on any atom is -0.380 e. The van der Waals surface area contributed by atoms with E-state index in [0.29, 0.717) is 6.04 Å². The third kappa shape index (κ3) is 4.60. The molecule has 1 fully saturated rings. The highest BCUT2D eigenvalue weighted by atomic mass is 16.5. The van der Waals surface area contributed by atoms with Crippen molar-refractivity contribution in [1.29, 1.82) is 0 Å². The molecule has 1 aliphatic rings. The lowest BCUT2D eigenvalue weighted by atomic mass is 10.3. The van der Waals surface area contributed by atoms with Gasteiger partial charge in [0.05, 0.1) is 6.61 Å². The van der Waals surface area contributed by atoms with Crippen LogP contribution in [0.15, 0.2) is 0 Å². The average molecular weight is 186 g/mol. The Morgan fingerprint density at radius 1 is 1.38 bits per heavy atom. The predicted molar refractivity (Wildman–Crippen MR) is 55.0 cm³/mol. The van der Waals surface area contributed by atoms with Crippen molar-refractivity contribution < 1.29 is 4.74 Å². The minimum absolute atomic E-state index is 0.600. The summed E-state index contributed by atoms with van der Waals surface area (Å²) in [5.74, 6) is 0. The molecule has 0 aliphatic carbocycles. The zero-order valence-corrected chi connectivity index (χ0v) is 8.88. The molecule has 1 rings (SSSR count). The summed E-state index contributed by atoms with van der Waals surface area (Å²) >= 11 is 0. The van der Waals surface area contributed by atoms with Crippen molar-refractivity contribution in [2.75, 3.05) is 39.4 Å². The van der Waals surface area contributed by atoms with Crippen LogP contribution < -0.4 is 5.32 Å². The molecule has 0 amide bonds. The molecule has 1 atom stereocenters. The molecule has 13 heavy (non-hydrogen) atoms. The molecule has 3 nitrogen and oxygen atoms in total. The summed E-state index contributed by atoms with van der Waals surface area (Å²) in [6.07, 6.45) is 1.18. The maximum atomic E-state index is 5.40. The topological polar surface area (TPSA) is 24.5 Å². The van der Waals surface area contributed by atoms with E-state index in [0.717, 1.165) is 32.8 Å². The minimum atomic E-state index is 0.600. The van der Waals surface area contributed by atoms with E-state index >= 15 is 0 Å². The Hall–Kier alpha value is -0.120. The van der Waals surface area contributed by atoms with Crippen molar-refractivity contribution in [2.24, 2.45) is 0 Å². The van der Waals surface area contributed by atoms with Crippen LogP contribution in [-0.4, -0.2) is 50.3 Å². The van der Waals surface area contributed by atoms with E-state index in [2.05, 4.69) is 24.1 Å². The Morgan fingerprint density at radius 2 is 2.23 bits per heavy atom. The molecule has 0 aromatic carbocycles. The second-order valence-corrected chi connectivity index (χ2v) is 3.73. The largest absolute Gasteiger partial charge is 0.380 e. The van der Waals surface area contributed by atoms with E-state index in [1.54, 1.807) is 0 Å². The maximum Gasteiger partial charge on any atom is 0.0593 e. The van der Waals surface area contributed by atoms with Crippen LogP contribution in [-0.2, 0) is 4.74 Å². The summed E-state index contributed by atoms with van der Waals surface area (Å²) in [6.45, 7) is 10.7. The van der Waals surface area contributed by atoms with E-state index in [4.69, 9.17) is 4.74 Å². The van der Waals surface area contributed by atoms with E-state index in [-0.39, 0.29) is 0 Å². The van der Waals surface area contributed by atoms with Gasteiger partial charge in [-0.3, -0.25) is 4.90 Å². The first-order chi connectivity index (χ1) is 6.33. The standard InChI is InChI=1S/C10H22N2O/c1-3-11-10(2)9-12-5-4-7-13-8-6-12/h10-11H,3-9H2,1-2H3. The van der Waals surface area contributed by atoms with Gasteiger partial charge in [-0.25, -0.2) is 0 Å². The number of ether oxygens (including phenoxy) is 1. The van der Waals surface area contributed by atoms with Crippen LogP contribution in [0.25, 0.3) is 0 Å². The van der Waals surface area contributed by atoms with E-state index in [1.807, 2.05) is 0 Å². The summed E-state index contributed by atoms with van der Waals surface area (Å²) in [6, 6.07) is 0.600. The van der Waals surface area contributed by atoms with Crippen LogP contribution in [0.4, 0.5) is 0 Å². The van der Waals surface area contributed by atoms with Gasteiger partial charge in [0.1, 0.15) is 0 Å². The Labute approximate surface area is 81.4 Å². The van der Waals surface area contributed by atoms with Crippen molar-refractivity contribution >= 4 is 0 Å². The van der Waals surface area contributed by atoms with Crippen molar-refractivity contribution in [3.8, 4) is 0 Å². The number of hydrogen-bond acceptors (Lipinski definition) is 3. The Morgan fingerprint density at radius 3 is 3.00 bits per heavy atom. The quantitative estimate of drug-likeness (QED) is 0.699. The van der Waals surface area contributed by atoms with Gasteiger partial charge < -0.3 is 10.1 Å². The Bertz CT molecular complexity index is 122. The molecule has 0 aromatic rings. The smallest absolute Gasteiger partial charge is 0.0593 e. The lowest BCUT2D eigenvalue weighted by Crippen LogP contribution is -2.40. The number of hydrogen-bond donors (Lipinski definition) is 1. The van der Waals surface area contributed by atoms with Gasteiger partial charge in [0, 0.05) is 32.3 Å². The van der Waals surface area contributed by atoms with Gasteiger partial charge >= 0.3 is 0 Å². The fourth-order valence-electron chi connectivity index (χ4n) is 1.78. The summed E-state index contributed by atoms with van der Waals surface area (Å²) in [5, 5.41) is 3.43. The number of nitrogens with zero attached hydrogens (tertiary/aromatic N) is 1. The first kappa shape index (κ1) is 11.0. The van der Waals surface area contributed by atoms with Crippen molar-refractivity contribution in [3.05, 3.63) is 0 Å². The van der Waals surface area contributed by atoms with Crippen molar-refractivity contribution in [2.45, 2.75) is 26.3 Å². The maximum absolute atomic E-state index is 5.40. The summed E-state index contributed by atoms with van der Waals surface area (Å²) in [4.78, 5) is 2.49. The summed E-state index contributed by atoms with van der Waals surface area (Å²) in [7, 11) is 0. The highest BCUT2D eigenvalue weighted by molar-refractivity contribution is 4.68. The highest BCUT2D eigenvalue weighted by Crippen LogP contribution is 1.99. The third-order valence-electron chi connectivity index (χ3n) is 2.40. The van der Waals surface area contributed by atoms with Gasteiger partial charge in [-0.05, 0) is 19.9 Å². The molecule has 1 saturated heterocycles. The zero-order chi connectivity index (χ0) is 9.52. The number of nitrogens with one attached hydrogen (secondary N) is 1. The SMILES string of the molecule is CCNC(C)CN1CCCOCC1. The van der Waals surface area contributed by atoms with E-state index in [9.17, 15) is 0 Å². The first-order valence-electron chi connectivity index (χ1n) is 5.36. The molecule has 1 heterocycles. The van der Waals surface area contributed by atoms with Gasteiger partial charge in [0.25, 0.3) is 0 Å². The van der Waals surface area contributed by atoms with Gasteiger partial charge in [0.2, 0.25) is 0 Å². The van der Waals surface area contributed by atoms with Crippen molar-refractivity contribution in [3.63, 3.8) is 0 Å². The molecule has 1 unspecified atom stereocenters. The Kier molecular flexibility index (Phi) is 5.35. The molecule has 0 saturated carbocycles. The van der Waals surface area contributed by atoms with E-state index in [1.165, 1.54) is 13.0 Å². The lowest BCUT2D eigenvalue weighted by molar-refractivity contribution is 0.140. The number of likely N-dealkylation sites (N-methyl/N-ethyl adjacent to an activating group) is 1. The van der Waals surface area contributed by atoms with Crippen molar-refractivity contribution in [1.82, 2.24) is 10.2 Å². The molecule has 0 bridgehead atoms.